The zero-order valence-corrected chi connectivity index (χ0v) is 15.1. The highest BCUT2D eigenvalue weighted by atomic mass is 16.6. The van der Waals surface area contributed by atoms with Crippen LogP contribution in [0.15, 0.2) is 67.1 Å². The van der Waals surface area contributed by atoms with Crippen molar-refractivity contribution in [2.75, 3.05) is 0 Å². The topological polar surface area (TPSA) is 89.2 Å². The first-order valence-corrected chi connectivity index (χ1v) is 9.12. The number of hydrogen-bond donors (Lipinski definition) is 1. The van der Waals surface area contributed by atoms with E-state index in [-0.39, 0.29) is 11.5 Å². The monoisotopic (exact) mass is 378 g/mol. The Morgan fingerprint density at radius 2 is 1.89 bits per heavy atom. The number of aliphatic hydroxyl groups is 1. The van der Waals surface area contributed by atoms with Gasteiger partial charge in [0, 0.05) is 42.6 Å². The van der Waals surface area contributed by atoms with E-state index in [1.165, 1.54) is 12.1 Å². The van der Waals surface area contributed by atoms with E-state index in [0.29, 0.717) is 24.2 Å². The van der Waals surface area contributed by atoms with E-state index in [2.05, 4.69) is 0 Å². The van der Waals surface area contributed by atoms with Crippen molar-refractivity contribution in [3.63, 3.8) is 0 Å². The van der Waals surface area contributed by atoms with E-state index in [0.717, 1.165) is 12.1 Å². The van der Waals surface area contributed by atoms with E-state index in [4.69, 9.17) is 0 Å². The molecule has 2 aromatic heterocycles. The zero-order valence-electron chi connectivity index (χ0n) is 15.1. The lowest BCUT2D eigenvalue weighted by Crippen LogP contribution is -2.34. The van der Waals surface area contributed by atoms with Crippen molar-refractivity contribution in [1.29, 1.82) is 0 Å². The standard InChI is InChI=1S/C21H20N3O4/c25-20(18-9-13-23-10-1-2-19(23)21(18)26)16-7-11-22(12-8-16)14-15-3-5-17(6-4-15)24(27)28/h1-8,10-12,18,20,25H,9,13-14H2/q+1/t18-,20-/m1/s1. The highest BCUT2D eigenvalue weighted by molar-refractivity contribution is 5.97. The fourth-order valence-corrected chi connectivity index (χ4v) is 3.67. The molecule has 0 saturated heterocycles. The van der Waals surface area contributed by atoms with Gasteiger partial charge in [0.2, 0.25) is 0 Å². The molecule has 3 heterocycles. The quantitative estimate of drug-likeness (QED) is 0.420. The number of non-ortho nitro benzene ring substituents is 1. The molecule has 7 nitrogen and oxygen atoms in total. The molecule has 7 heteroatoms. The molecule has 1 aliphatic heterocycles. The van der Waals surface area contributed by atoms with E-state index >= 15 is 0 Å². The lowest BCUT2D eigenvalue weighted by Gasteiger charge is -2.27. The lowest BCUT2D eigenvalue weighted by molar-refractivity contribution is -0.688. The van der Waals surface area contributed by atoms with Crippen LogP contribution in [0.2, 0.25) is 0 Å². The number of ketones is 1. The fourth-order valence-electron chi connectivity index (χ4n) is 3.67. The molecule has 0 saturated carbocycles. The SMILES string of the molecule is O=C1c2cccn2CC[C@@H]1[C@H](O)c1cc[n+](Cc2ccc([N+](=O)[O-])cc2)cc1. The average Bonchev–Trinajstić information content (AvgIpc) is 3.19. The van der Waals surface area contributed by atoms with Crippen molar-refractivity contribution in [2.45, 2.75) is 25.6 Å². The molecule has 0 bridgehead atoms. The van der Waals surface area contributed by atoms with E-state index in [9.17, 15) is 20.0 Å². The second kappa shape index (κ2) is 7.36. The molecule has 28 heavy (non-hydrogen) atoms. The normalized spacial score (nSPS) is 17.2. The number of hydrogen-bond acceptors (Lipinski definition) is 4. The maximum atomic E-state index is 12.6. The van der Waals surface area contributed by atoms with Gasteiger partial charge in [0.1, 0.15) is 0 Å². The van der Waals surface area contributed by atoms with Gasteiger partial charge >= 0.3 is 0 Å². The summed E-state index contributed by atoms with van der Waals surface area (Å²) in [6, 6.07) is 13.7. The van der Waals surface area contributed by atoms with Gasteiger partial charge < -0.3 is 9.67 Å². The van der Waals surface area contributed by atoms with Gasteiger partial charge in [0.05, 0.1) is 22.6 Å². The Hall–Kier alpha value is -3.32. The van der Waals surface area contributed by atoms with Crippen LogP contribution in [0.5, 0.6) is 0 Å². The first-order chi connectivity index (χ1) is 13.5. The molecule has 1 aromatic carbocycles. The number of rotatable bonds is 5. The smallest absolute Gasteiger partial charge is 0.269 e. The summed E-state index contributed by atoms with van der Waals surface area (Å²) in [5.74, 6) is -0.459. The summed E-state index contributed by atoms with van der Waals surface area (Å²) in [6.07, 6.45) is 5.34. The maximum absolute atomic E-state index is 12.6. The minimum Gasteiger partial charge on any atom is -0.388 e. The Balaban J connectivity index is 1.45. The van der Waals surface area contributed by atoms with Gasteiger partial charge in [-0.3, -0.25) is 14.9 Å². The average molecular weight is 378 g/mol. The number of nitro benzene ring substituents is 1. The van der Waals surface area contributed by atoms with Gasteiger partial charge in [-0.15, -0.1) is 0 Å². The molecule has 0 aliphatic carbocycles. The van der Waals surface area contributed by atoms with Gasteiger partial charge in [-0.2, -0.15) is 0 Å². The number of carbonyl (C=O) groups excluding carboxylic acids is 1. The summed E-state index contributed by atoms with van der Waals surface area (Å²) in [5.41, 5.74) is 2.36. The van der Waals surface area contributed by atoms with Crippen molar-refractivity contribution >= 4 is 11.5 Å². The second-order valence-electron chi connectivity index (χ2n) is 7.02. The Labute approximate surface area is 161 Å². The van der Waals surface area contributed by atoms with E-state index in [1.807, 2.05) is 45.9 Å². The molecule has 0 unspecified atom stereocenters. The van der Waals surface area contributed by atoms with Crippen molar-refractivity contribution < 1.29 is 19.4 Å². The van der Waals surface area contributed by atoms with Gasteiger partial charge in [-0.05, 0) is 36.2 Å². The van der Waals surface area contributed by atoms with Gasteiger partial charge in [0.15, 0.2) is 24.7 Å². The van der Waals surface area contributed by atoms with Crippen LogP contribution in [-0.2, 0) is 13.1 Å². The number of aryl methyl sites for hydroxylation is 1. The van der Waals surface area contributed by atoms with Crippen molar-refractivity contribution in [3.05, 3.63) is 94.1 Å². The molecule has 4 rings (SSSR count). The van der Waals surface area contributed by atoms with Crippen LogP contribution in [0, 0.1) is 16.0 Å². The van der Waals surface area contributed by atoms with Crippen molar-refractivity contribution in [3.8, 4) is 0 Å². The highest BCUT2D eigenvalue weighted by Crippen LogP contribution is 2.31. The Morgan fingerprint density at radius 3 is 2.57 bits per heavy atom. The number of aliphatic hydroxyl groups excluding tert-OH is 1. The molecule has 1 N–H and O–H groups in total. The Morgan fingerprint density at radius 1 is 1.18 bits per heavy atom. The molecular weight excluding hydrogens is 358 g/mol. The van der Waals surface area contributed by atoms with Gasteiger partial charge in [0.25, 0.3) is 5.69 Å². The van der Waals surface area contributed by atoms with Crippen LogP contribution >= 0.6 is 0 Å². The van der Waals surface area contributed by atoms with Crippen LogP contribution in [0.4, 0.5) is 5.69 Å². The molecule has 0 radical (unpaired) electrons. The number of nitrogens with zero attached hydrogens (tertiary/aromatic N) is 3. The largest absolute Gasteiger partial charge is 0.388 e. The van der Waals surface area contributed by atoms with Crippen LogP contribution in [0.3, 0.4) is 0 Å². The number of aromatic nitrogens is 2. The van der Waals surface area contributed by atoms with Gasteiger partial charge in [-0.1, -0.05) is 0 Å². The summed E-state index contributed by atoms with van der Waals surface area (Å²) >= 11 is 0. The van der Waals surface area contributed by atoms with Crippen LogP contribution in [-0.4, -0.2) is 20.4 Å². The fraction of sp³-hybridized carbons (Fsp3) is 0.238. The molecule has 2 atom stereocenters. The molecular formula is C21H20N3O4+. The molecule has 0 spiro atoms. The number of benzene rings is 1. The van der Waals surface area contributed by atoms with Crippen LogP contribution in [0.1, 0.15) is 34.1 Å². The summed E-state index contributed by atoms with van der Waals surface area (Å²) < 4.78 is 3.85. The van der Waals surface area contributed by atoms with E-state index in [1.54, 1.807) is 18.2 Å². The van der Waals surface area contributed by atoms with Crippen LogP contribution < -0.4 is 4.57 Å². The Bertz CT molecular complexity index is 1010. The predicted molar refractivity (Wildman–Crippen MR) is 101 cm³/mol. The summed E-state index contributed by atoms with van der Waals surface area (Å²) in [5, 5.41) is 21.5. The molecule has 0 amide bonds. The number of Topliss-reactive ketones (excluding diaryl/α,β-unsaturated/α-hetero) is 1. The minimum absolute atomic E-state index is 0.0219. The summed E-state index contributed by atoms with van der Waals surface area (Å²) in [4.78, 5) is 23.0. The zero-order chi connectivity index (χ0) is 19.7. The summed E-state index contributed by atoms with van der Waals surface area (Å²) in [6.45, 7) is 1.28. The number of pyridine rings is 1. The number of fused-ring (bicyclic) bond motifs is 1. The summed E-state index contributed by atoms with van der Waals surface area (Å²) in [7, 11) is 0. The maximum Gasteiger partial charge on any atom is 0.269 e. The van der Waals surface area contributed by atoms with Crippen molar-refractivity contribution in [1.82, 2.24) is 4.57 Å². The molecule has 3 aromatic rings. The molecule has 142 valence electrons. The lowest BCUT2D eigenvalue weighted by atomic mass is 9.86. The van der Waals surface area contributed by atoms with Crippen LogP contribution in [0.25, 0.3) is 0 Å². The third-order valence-electron chi connectivity index (χ3n) is 5.25. The second-order valence-corrected chi connectivity index (χ2v) is 7.02. The predicted octanol–water partition coefficient (Wildman–Crippen LogP) is 2.67. The van der Waals surface area contributed by atoms with Gasteiger partial charge in [-0.25, -0.2) is 4.57 Å². The molecule has 0 fully saturated rings. The molecule has 1 aliphatic rings. The third-order valence-corrected chi connectivity index (χ3v) is 5.25. The third kappa shape index (κ3) is 3.44. The first-order valence-electron chi connectivity index (χ1n) is 9.12. The Kier molecular flexibility index (Phi) is 4.75. The van der Waals surface area contributed by atoms with E-state index < -0.39 is 16.9 Å². The highest BCUT2D eigenvalue weighted by Gasteiger charge is 2.33. The number of carbonyl (C=O) groups is 1. The first kappa shape index (κ1) is 18.1. The minimum atomic E-state index is -0.842. The number of nitro groups is 1. The van der Waals surface area contributed by atoms with Crippen molar-refractivity contribution in [2.24, 2.45) is 5.92 Å².